The van der Waals surface area contributed by atoms with Gasteiger partial charge in [-0.3, -0.25) is 4.79 Å². The zero-order valence-corrected chi connectivity index (χ0v) is 19.2. The second-order valence-corrected chi connectivity index (χ2v) is 8.58. The molecule has 2 aromatic carbocycles. The lowest BCUT2D eigenvalue weighted by Crippen LogP contribution is -2.20. The van der Waals surface area contributed by atoms with E-state index in [-0.39, 0.29) is 5.91 Å². The van der Waals surface area contributed by atoms with Crippen LogP contribution in [-0.4, -0.2) is 23.2 Å². The fourth-order valence-electron chi connectivity index (χ4n) is 3.48. The number of aromatic nitrogens is 1. The van der Waals surface area contributed by atoms with Gasteiger partial charge in [-0.15, -0.1) is 11.3 Å². The maximum absolute atomic E-state index is 13.2. The molecular weight excluding hydrogens is 418 g/mol. The predicted octanol–water partition coefficient (Wildman–Crippen LogP) is 6.21. The molecule has 0 radical (unpaired) electrons. The van der Waals surface area contributed by atoms with Gasteiger partial charge in [0.2, 0.25) is 0 Å². The van der Waals surface area contributed by atoms with Crippen molar-refractivity contribution in [1.82, 2.24) is 10.4 Å². The standard InChI is InChI=1S/C26H25N3O2S/c1-4-22(25-15-10-17(3)32-25)28-29-26(30)21-16-24(27-23-9-7-6-8-20(21)23)18-11-13-19(14-12-18)31-5-2/h6-16H,4-5H2,1-3H3,(H,29,30)/b28-22-. The maximum atomic E-state index is 13.2. The molecule has 0 fully saturated rings. The van der Waals surface area contributed by atoms with Crippen molar-refractivity contribution >= 4 is 33.9 Å². The third-order valence-corrected chi connectivity index (χ3v) is 6.12. The monoisotopic (exact) mass is 443 g/mol. The number of amides is 1. The Balaban J connectivity index is 1.69. The molecule has 6 heteroatoms. The summed E-state index contributed by atoms with van der Waals surface area (Å²) in [5.41, 5.74) is 6.57. The van der Waals surface area contributed by atoms with Crippen LogP contribution in [0.2, 0.25) is 0 Å². The summed E-state index contributed by atoms with van der Waals surface area (Å²) in [5, 5.41) is 5.23. The van der Waals surface area contributed by atoms with Crippen molar-refractivity contribution in [2.24, 2.45) is 5.10 Å². The number of ether oxygens (including phenoxy) is 1. The van der Waals surface area contributed by atoms with Crippen LogP contribution in [-0.2, 0) is 0 Å². The second-order valence-electron chi connectivity index (χ2n) is 7.29. The van der Waals surface area contributed by atoms with Crippen LogP contribution in [0.4, 0.5) is 0 Å². The number of benzene rings is 2. The van der Waals surface area contributed by atoms with E-state index in [2.05, 4.69) is 23.5 Å². The van der Waals surface area contributed by atoms with Crippen molar-refractivity contribution in [3.63, 3.8) is 0 Å². The van der Waals surface area contributed by atoms with E-state index in [1.807, 2.05) is 74.5 Å². The highest BCUT2D eigenvalue weighted by atomic mass is 32.1. The van der Waals surface area contributed by atoms with Gasteiger partial charge >= 0.3 is 0 Å². The molecule has 5 nitrogen and oxygen atoms in total. The van der Waals surface area contributed by atoms with Gasteiger partial charge in [-0.25, -0.2) is 10.4 Å². The van der Waals surface area contributed by atoms with Crippen LogP contribution >= 0.6 is 11.3 Å². The molecule has 1 amide bonds. The molecule has 1 N–H and O–H groups in total. The molecule has 0 atom stereocenters. The highest BCUT2D eigenvalue weighted by Crippen LogP contribution is 2.26. The number of carbonyl (C=O) groups is 1. The first-order chi connectivity index (χ1) is 15.6. The number of carbonyl (C=O) groups excluding carboxylic acids is 1. The largest absolute Gasteiger partial charge is 0.494 e. The normalized spacial score (nSPS) is 11.5. The van der Waals surface area contributed by atoms with Gasteiger partial charge in [0.25, 0.3) is 5.91 Å². The topological polar surface area (TPSA) is 63.6 Å². The number of nitrogens with one attached hydrogen (secondary N) is 1. The molecule has 0 spiro atoms. The molecule has 2 heterocycles. The van der Waals surface area contributed by atoms with E-state index in [0.29, 0.717) is 12.2 Å². The molecule has 0 saturated heterocycles. The molecule has 32 heavy (non-hydrogen) atoms. The van der Waals surface area contributed by atoms with Crippen molar-refractivity contribution in [1.29, 1.82) is 0 Å². The van der Waals surface area contributed by atoms with Crippen LogP contribution in [0.5, 0.6) is 5.75 Å². The molecule has 0 aliphatic carbocycles. The van der Waals surface area contributed by atoms with Crippen molar-refractivity contribution < 1.29 is 9.53 Å². The number of fused-ring (bicyclic) bond motifs is 1. The van der Waals surface area contributed by atoms with Crippen molar-refractivity contribution in [2.75, 3.05) is 6.61 Å². The SMILES string of the molecule is CCOc1ccc(-c2cc(C(=O)N/N=C(/CC)c3ccc(C)s3)c3ccccc3n2)cc1. The average molecular weight is 444 g/mol. The number of rotatable bonds is 7. The van der Waals surface area contributed by atoms with E-state index in [9.17, 15) is 4.79 Å². The number of para-hydroxylation sites is 1. The first kappa shape index (κ1) is 21.7. The van der Waals surface area contributed by atoms with Crippen LogP contribution in [0.15, 0.2) is 71.8 Å². The molecule has 2 aromatic heterocycles. The minimum absolute atomic E-state index is 0.255. The van der Waals surface area contributed by atoms with Crippen LogP contribution < -0.4 is 10.2 Å². The number of aryl methyl sites for hydroxylation is 1. The molecule has 0 aliphatic heterocycles. The maximum Gasteiger partial charge on any atom is 0.272 e. The minimum atomic E-state index is -0.255. The Morgan fingerprint density at radius 3 is 2.53 bits per heavy atom. The van der Waals surface area contributed by atoms with Crippen molar-refractivity contribution in [3.05, 3.63) is 82.0 Å². The van der Waals surface area contributed by atoms with E-state index >= 15 is 0 Å². The number of nitrogens with zero attached hydrogens (tertiary/aromatic N) is 2. The van der Waals surface area contributed by atoms with Gasteiger partial charge in [-0.2, -0.15) is 5.10 Å². The second kappa shape index (κ2) is 9.75. The lowest BCUT2D eigenvalue weighted by molar-refractivity contribution is 0.0956. The molecule has 162 valence electrons. The van der Waals surface area contributed by atoms with Crippen LogP contribution in [0.1, 0.15) is 40.4 Å². The Labute approximate surface area is 191 Å². The fraction of sp³-hybridized carbons (Fsp3) is 0.192. The van der Waals surface area contributed by atoms with Crippen molar-refractivity contribution in [2.45, 2.75) is 27.2 Å². The Kier molecular flexibility index (Phi) is 6.61. The first-order valence-corrected chi connectivity index (χ1v) is 11.5. The van der Waals surface area contributed by atoms with E-state index in [1.165, 1.54) is 4.88 Å². The third-order valence-electron chi connectivity index (χ3n) is 5.07. The summed E-state index contributed by atoms with van der Waals surface area (Å²) in [6.07, 6.45) is 0.731. The molecule has 0 unspecified atom stereocenters. The minimum Gasteiger partial charge on any atom is -0.494 e. The summed E-state index contributed by atoms with van der Waals surface area (Å²) in [6.45, 7) is 6.66. The number of hydrogen-bond donors (Lipinski definition) is 1. The summed E-state index contributed by atoms with van der Waals surface area (Å²) in [4.78, 5) is 20.2. The van der Waals surface area contributed by atoms with Gasteiger partial charge in [0, 0.05) is 15.8 Å². The molecular formula is C26H25N3O2S. The van der Waals surface area contributed by atoms with Gasteiger partial charge in [0.05, 0.1) is 34.0 Å². The Morgan fingerprint density at radius 2 is 1.84 bits per heavy atom. The van der Waals surface area contributed by atoms with Gasteiger partial charge in [-0.05, 0) is 68.8 Å². The van der Waals surface area contributed by atoms with Crippen LogP contribution in [0, 0.1) is 6.92 Å². The summed E-state index contributed by atoms with van der Waals surface area (Å²) in [5.74, 6) is 0.551. The lowest BCUT2D eigenvalue weighted by atomic mass is 10.0. The molecule has 0 bridgehead atoms. The average Bonchev–Trinajstić information content (AvgIpc) is 3.25. The fourth-order valence-corrected chi connectivity index (χ4v) is 4.40. The quantitative estimate of drug-likeness (QED) is 0.273. The third kappa shape index (κ3) is 4.70. The molecule has 4 rings (SSSR count). The first-order valence-electron chi connectivity index (χ1n) is 10.7. The van der Waals surface area contributed by atoms with Crippen LogP contribution in [0.25, 0.3) is 22.2 Å². The van der Waals surface area contributed by atoms with Gasteiger partial charge in [-0.1, -0.05) is 25.1 Å². The number of thiophene rings is 1. The molecule has 0 saturated carbocycles. The summed E-state index contributed by atoms with van der Waals surface area (Å²) in [7, 11) is 0. The Morgan fingerprint density at radius 1 is 1.06 bits per heavy atom. The number of hydrogen-bond acceptors (Lipinski definition) is 5. The summed E-state index contributed by atoms with van der Waals surface area (Å²) < 4.78 is 5.53. The Hall–Kier alpha value is -3.51. The van der Waals surface area contributed by atoms with E-state index in [1.54, 1.807) is 11.3 Å². The van der Waals surface area contributed by atoms with Gasteiger partial charge in [0.1, 0.15) is 5.75 Å². The lowest BCUT2D eigenvalue weighted by Gasteiger charge is -2.10. The molecule has 0 aliphatic rings. The zero-order chi connectivity index (χ0) is 22.5. The summed E-state index contributed by atoms with van der Waals surface area (Å²) >= 11 is 1.67. The smallest absolute Gasteiger partial charge is 0.272 e. The van der Waals surface area contributed by atoms with E-state index in [4.69, 9.17) is 9.72 Å². The Bertz CT molecular complexity index is 1280. The predicted molar refractivity (Wildman–Crippen MR) is 132 cm³/mol. The molecule has 4 aromatic rings. The zero-order valence-electron chi connectivity index (χ0n) is 18.4. The number of pyridine rings is 1. The van der Waals surface area contributed by atoms with E-state index in [0.717, 1.165) is 44.9 Å². The van der Waals surface area contributed by atoms with Crippen LogP contribution in [0.3, 0.4) is 0 Å². The van der Waals surface area contributed by atoms with Crippen molar-refractivity contribution in [3.8, 4) is 17.0 Å². The van der Waals surface area contributed by atoms with Gasteiger partial charge < -0.3 is 4.74 Å². The van der Waals surface area contributed by atoms with E-state index < -0.39 is 0 Å². The number of hydrazone groups is 1. The highest BCUT2D eigenvalue weighted by Gasteiger charge is 2.14. The summed E-state index contributed by atoms with van der Waals surface area (Å²) in [6, 6.07) is 21.3. The highest BCUT2D eigenvalue weighted by molar-refractivity contribution is 7.14. The van der Waals surface area contributed by atoms with Gasteiger partial charge in [0.15, 0.2) is 0 Å².